The largest absolute Gasteiger partial charge is 0.405 e. The normalized spacial score (nSPS) is 17.0. The summed E-state index contributed by atoms with van der Waals surface area (Å²) in [6.45, 7) is 0.624. The zero-order chi connectivity index (χ0) is 22.8. The quantitative estimate of drug-likeness (QED) is 0.295. The molecule has 1 fully saturated rings. The van der Waals surface area contributed by atoms with Crippen molar-refractivity contribution in [3.8, 4) is 11.8 Å². The van der Waals surface area contributed by atoms with Crippen LogP contribution in [0.1, 0.15) is 30.4 Å². The van der Waals surface area contributed by atoms with Crippen molar-refractivity contribution in [1.29, 1.82) is 0 Å². The van der Waals surface area contributed by atoms with Crippen molar-refractivity contribution in [3.05, 3.63) is 59.7 Å². The summed E-state index contributed by atoms with van der Waals surface area (Å²) in [5.41, 5.74) is 1.11. The number of benzene rings is 2. The highest BCUT2D eigenvalue weighted by molar-refractivity contribution is 5.94. The lowest BCUT2D eigenvalue weighted by molar-refractivity contribution is -0.168. The number of alkyl halides is 3. The molecule has 4 aromatic rings. The molecule has 2 aromatic carbocycles. The average molecular weight is 451 g/mol. The van der Waals surface area contributed by atoms with Crippen molar-refractivity contribution in [3.63, 3.8) is 0 Å². The summed E-state index contributed by atoms with van der Waals surface area (Å²) in [5, 5.41) is 8.58. The molecule has 0 atom stereocenters. The van der Waals surface area contributed by atoms with Gasteiger partial charge in [0.05, 0.1) is 5.52 Å². The van der Waals surface area contributed by atoms with E-state index in [9.17, 15) is 17.6 Å². The average Bonchev–Trinajstić information content (AvgIpc) is 3.46. The zero-order valence-corrected chi connectivity index (χ0v) is 17.3. The second-order valence-electron chi connectivity index (χ2n) is 8.49. The Kier molecular flexibility index (Phi) is 4.18. The van der Waals surface area contributed by atoms with E-state index in [0.717, 1.165) is 17.7 Å². The molecule has 6 rings (SSSR count). The Morgan fingerprint density at radius 2 is 1.94 bits per heavy atom. The first-order chi connectivity index (χ1) is 15.9. The summed E-state index contributed by atoms with van der Waals surface area (Å²) in [5.74, 6) is 5.85. The molecule has 3 heterocycles. The third kappa shape index (κ3) is 3.12. The van der Waals surface area contributed by atoms with Gasteiger partial charge in [-0.15, -0.1) is 10.2 Å². The Labute approximate surface area is 186 Å². The highest BCUT2D eigenvalue weighted by Gasteiger charge is 2.62. The van der Waals surface area contributed by atoms with Crippen LogP contribution in [-0.4, -0.2) is 32.3 Å². The van der Waals surface area contributed by atoms with E-state index in [4.69, 9.17) is 0 Å². The molecular formula is C24H17F4N5. The maximum absolute atomic E-state index is 14.2. The van der Waals surface area contributed by atoms with E-state index >= 15 is 0 Å². The molecule has 0 radical (unpaired) electrons. The highest BCUT2D eigenvalue weighted by Crippen LogP contribution is 2.57. The third-order valence-electron chi connectivity index (χ3n) is 6.43. The van der Waals surface area contributed by atoms with Gasteiger partial charge < -0.3 is 4.90 Å². The number of fused-ring (bicyclic) bond motifs is 4. The molecule has 9 heteroatoms. The van der Waals surface area contributed by atoms with Crippen LogP contribution in [0, 0.1) is 23.1 Å². The van der Waals surface area contributed by atoms with Crippen LogP contribution in [0.4, 0.5) is 29.1 Å². The van der Waals surface area contributed by atoms with Gasteiger partial charge in [-0.2, -0.15) is 18.2 Å². The van der Waals surface area contributed by atoms with Crippen molar-refractivity contribution in [2.75, 3.05) is 11.4 Å². The lowest BCUT2D eigenvalue weighted by Crippen LogP contribution is -2.26. The van der Waals surface area contributed by atoms with E-state index in [1.54, 1.807) is 22.6 Å². The van der Waals surface area contributed by atoms with Gasteiger partial charge >= 0.3 is 6.18 Å². The minimum Gasteiger partial charge on any atom is -0.325 e. The van der Waals surface area contributed by atoms with E-state index in [1.165, 1.54) is 18.5 Å². The molecule has 0 saturated heterocycles. The van der Waals surface area contributed by atoms with Gasteiger partial charge in [0, 0.05) is 23.2 Å². The maximum atomic E-state index is 14.2. The van der Waals surface area contributed by atoms with E-state index in [2.05, 4.69) is 27.0 Å². The van der Waals surface area contributed by atoms with Crippen LogP contribution in [-0.2, 0) is 6.42 Å². The van der Waals surface area contributed by atoms with Crippen LogP contribution in [0.2, 0.25) is 0 Å². The third-order valence-corrected chi connectivity index (χ3v) is 6.43. The van der Waals surface area contributed by atoms with Crippen molar-refractivity contribution in [2.24, 2.45) is 5.41 Å². The summed E-state index contributed by atoms with van der Waals surface area (Å²) in [6.07, 6.45) is -1.25. The smallest absolute Gasteiger partial charge is 0.325 e. The second-order valence-corrected chi connectivity index (χ2v) is 8.49. The fourth-order valence-electron chi connectivity index (χ4n) is 4.49. The van der Waals surface area contributed by atoms with E-state index in [1.807, 2.05) is 11.0 Å². The summed E-state index contributed by atoms with van der Waals surface area (Å²) < 4.78 is 55.9. The molecule has 0 bridgehead atoms. The molecule has 1 aliphatic heterocycles. The van der Waals surface area contributed by atoms with Crippen molar-refractivity contribution >= 4 is 28.2 Å². The monoisotopic (exact) mass is 451 g/mol. The fraction of sp³-hybridized carbons (Fsp3) is 0.292. The zero-order valence-electron chi connectivity index (χ0n) is 17.3. The van der Waals surface area contributed by atoms with Crippen LogP contribution in [0.3, 0.4) is 0 Å². The SMILES string of the molecule is Fc1ccc2c(c1)c(N1CCCc3c(C#CC4(C(F)(F)F)CC4)cccc31)nc1nncn12. The molecule has 0 spiro atoms. The van der Waals surface area contributed by atoms with Gasteiger partial charge in [-0.05, 0) is 61.6 Å². The van der Waals surface area contributed by atoms with Gasteiger partial charge in [-0.3, -0.25) is 4.40 Å². The standard InChI is InChI=1S/C24H17F4N5/c25-16-6-7-20-18(13-16)21(30-22-31-29-14-33(20)22)32-12-2-4-17-15(3-1-5-19(17)32)8-9-23(10-11-23)24(26,27)28/h1,3,5-7,13-14H,2,4,10-12H2. The summed E-state index contributed by atoms with van der Waals surface area (Å²) in [7, 11) is 0. The highest BCUT2D eigenvalue weighted by atomic mass is 19.4. The van der Waals surface area contributed by atoms with Gasteiger partial charge in [-0.1, -0.05) is 17.9 Å². The lowest BCUT2D eigenvalue weighted by atomic mass is 9.95. The predicted molar refractivity (Wildman–Crippen MR) is 115 cm³/mol. The number of rotatable bonds is 1. The first-order valence-corrected chi connectivity index (χ1v) is 10.6. The number of aromatic nitrogens is 4. The molecule has 0 amide bonds. The Hall–Kier alpha value is -3.67. The number of halogens is 4. The molecule has 1 saturated carbocycles. The molecule has 2 aromatic heterocycles. The Morgan fingerprint density at radius 3 is 2.73 bits per heavy atom. The second kappa shape index (κ2) is 6.91. The number of anilines is 2. The molecule has 5 nitrogen and oxygen atoms in total. The summed E-state index contributed by atoms with van der Waals surface area (Å²) in [6, 6.07) is 9.90. The van der Waals surface area contributed by atoms with Crippen LogP contribution >= 0.6 is 0 Å². The van der Waals surface area contributed by atoms with E-state index < -0.39 is 17.4 Å². The Balaban J connectivity index is 1.50. The van der Waals surface area contributed by atoms with Gasteiger partial charge in [0.1, 0.15) is 23.4 Å². The van der Waals surface area contributed by atoms with Crippen molar-refractivity contribution < 1.29 is 17.6 Å². The number of nitrogens with zero attached hydrogens (tertiary/aromatic N) is 5. The van der Waals surface area contributed by atoms with Crippen LogP contribution < -0.4 is 4.90 Å². The summed E-state index contributed by atoms with van der Waals surface area (Å²) in [4.78, 5) is 6.62. The maximum Gasteiger partial charge on any atom is 0.405 e. The van der Waals surface area contributed by atoms with Gasteiger partial charge in [-0.25, -0.2) is 4.39 Å². The van der Waals surface area contributed by atoms with Gasteiger partial charge in [0.2, 0.25) is 0 Å². The minimum atomic E-state index is -4.32. The lowest BCUT2D eigenvalue weighted by Gasteiger charge is -2.32. The Bertz CT molecular complexity index is 1470. The molecule has 166 valence electrons. The Morgan fingerprint density at radius 1 is 1.09 bits per heavy atom. The van der Waals surface area contributed by atoms with Crippen molar-refractivity contribution in [2.45, 2.75) is 31.9 Å². The predicted octanol–water partition coefficient (Wildman–Crippen LogP) is 5.19. The topological polar surface area (TPSA) is 46.3 Å². The molecule has 1 aliphatic carbocycles. The van der Waals surface area contributed by atoms with E-state index in [0.29, 0.717) is 41.0 Å². The molecule has 0 unspecified atom stereocenters. The van der Waals surface area contributed by atoms with Crippen LogP contribution in [0.15, 0.2) is 42.7 Å². The van der Waals surface area contributed by atoms with Crippen molar-refractivity contribution in [1.82, 2.24) is 19.6 Å². The van der Waals surface area contributed by atoms with Crippen LogP contribution in [0.5, 0.6) is 0 Å². The number of hydrogen-bond acceptors (Lipinski definition) is 4. The van der Waals surface area contributed by atoms with Gasteiger partial charge in [0.15, 0.2) is 0 Å². The molecule has 0 N–H and O–H groups in total. The van der Waals surface area contributed by atoms with Crippen LogP contribution in [0.25, 0.3) is 16.7 Å². The van der Waals surface area contributed by atoms with Gasteiger partial charge in [0.25, 0.3) is 5.78 Å². The first kappa shape index (κ1) is 20.0. The summed E-state index contributed by atoms with van der Waals surface area (Å²) >= 11 is 0. The first-order valence-electron chi connectivity index (χ1n) is 10.6. The van der Waals surface area contributed by atoms with E-state index in [-0.39, 0.29) is 12.8 Å². The fourth-order valence-corrected chi connectivity index (χ4v) is 4.49. The minimum absolute atomic E-state index is 0.0461. The molecular weight excluding hydrogens is 434 g/mol. The molecule has 33 heavy (non-hydrogen) atoms. The number of hydrogen-bond donors (Lipinski definition) is 0. The molecule has 2 aliphatic rings.